The van der Waals surface area contributed by atoms with Crippen LogP contribution in [0, 0.1) is 5.41 Å². The van der Waals surface area contributed by atoms with Crippen molar-refractivity contribution in [1.29, 1.82) is 0 Å². The number of benzene rings is 1. The fraction of sp³-hybridized carbons (Fsp3) is 0.500. The first-order chi connectivity index (χ1) is 9.45. The van der Waals surface area contributed by atoms with E-state index in [0.29, 0.717) is 12.0 Å². The molecule has 1 aliphatic carbocycles. The third-order valence-corrected chi connectivity index (χ3v) is 4.56. The van der Waals surface area contributed by atoms with Gasteiger partial charge in [-0.15, -0.1) is 0 Å². The van der Waals surface area contributed by atoms with Gasteiger partial charge < -0.3 is 10.6 Å². The van der Waals surface area contributed by atoms with Crippen LogP contribution in [0.5, 0.6) is 0 Å². The molecule has 2 N–H and O–H groups in total. The molecule has 1 aromatic carbocycles. The van der Waals surface area contributed by atoms with Gasteiger partial charge in [0.2, 0.25) is 5.91 Å². The average Bonchev–Trinajstić information content (AvgIpc) is 2.90. The van der Waals surface area contributed by atoms with E-state index < -0.39 is 0 Å². The van der Waals surface area contributed by atoms with Crippen molar-refractivity contribution in [3.05, 3.63) is 29.3 Å². The van der Waals surface area contributed by atoms with E-state index in [1.807, 2.05) is 6.07 Å². The van der Waals surface area contributed by atoms with Crippen molar-refractivity contribution in [2.24, 2.45) is 5.41 Å². The van der Waals surface area contributed by atoms with Crippen molar-refractivity contribution < 1.29 is 9.59 Å². The van der Waals surface area contributed by atoms with E-state index >= 15 is 0 Å². The molecule has 0 bridgehead atoms. The van der Waals surface area contributed by atoms with Crippen LogP contribution in [-0.2, 0) is 11.2 Å². The molecule has 1 fully saturated rings. The van der Waals surface area contributed by atoms with E-state index in [1.54, 1.807) is 12.1 Å². The Labute approximate surface area is 118 Å². The molecule has 1 aromatic rings. The van der Waals surface area contributed by atoms with Gasteiger partial charge in [-0.2, -0.15) is 0 Å². The predicted octanol–water partition coefficient (Wildman–Crippen LogP) is 2.49. The van der Waals surface area contributed by atoms with Crippen LogP contribution in [0.1, 0.15) is 49.0 Å². The highest BCUT2D eigenvalue weighted by atomic mass is 16.2. The second kappa shape index (κ2) is 4.62. The van der Waals surface area contributed by atoms with Crippen molar-refractivity contribution in [2.45, 2.75) is 45.6 Å². The van der Waals surface area contributed by atoms with E-state index in [9.17, 15) is 9.59 Å². The number of hydrogen-bond acceptors (Lipinski definition) is 2. The molecular weight excluding hydrogens is 252 g/mol. The highest BCUT2D eigenvalue weighted by Gasteiger charge is 2.35. The van der Waals surface area contributed by atoms with Crippen LogP contribution < -0.4 is 10.6 Å². The Balaban J connectivity index is 1.75. The van der Waals surface area contributed by atoms with Crippen LogP contribution in [0.25, 0.3) is 0 Å². The smallest absolute Gasteiger partial charge is 0.251 e. The average molecular weight is 272 g/mol. The van der Waals surface area contributed by atoms with Gasteiger partial charge in [0.1, 0.15) is 0 Å². The Bertz CT molecular complexity index is 578. The quantitative estimate of drug-likeness (QED) is 0.869. The maximum absolute atomic E-state index is 12.3. The van der Waals surface area contributed by atoms with Crippen LogP contribution in [0.15, 0.2) is 18.2 Å². The maximum Gasteiger partial charge on any atom is 0.251 e. The molecule has 1 heterocycles. The van der Waals surface area contributed by atoms with Crippen molar-refractivity contribution in [3.63, 3.8) is 0 Å². The highest BCUT2D eigenvalue weighted by molar-refractivity contribution is 6.02. The van der Waals surface area contributed by atoms with Crippen molar-refractivity contribution >= 4 is 17.5 Å². The summed E-state index contributed by atoms with van der Waals surface area (Å²) in [5.41, 5.74) is 2.52. The Morgan fingerprint density at radius 1 is 1.40 bits per heavy atom. The van der Waals surface area contributed by atoms with E-state index in [4.69, 9.17) is 0 Å². The number of anilines is 1. The predicted molar refractivity (Wildman–Crippen MR) is 77.7 cm³/mol. The van der Waals surface area contributed by atoms with Crippen LogP contribution >= 0.6 is 0 Å². The zero-order valence-corrected chi connectivity index (χ0v) is 12.0. The van der Waals surface area contributed by atoms with Crippen molar-refractivity contribution in [1.82, 2.24) is 5.32 Å². The highest BCUT2D eigenvalue weighted by Crippen LogP contribution is 2.37. The van der Waals surface area contributed by atoms with Crippen molar-refractivity contribution in [2.75, 3.05) is 5.32 Å². The summed E-state index contributed by atoms with van der Waals surface area (Å²) in [7, 11) is 0. The fourth-order valence-electron chi connectivity index (χ4n) is 3.19. The summed E-state index contributed by atoms with van der Waals surface area (Å²) in [6.45, 7) is 4.40. The molecule has 2 amide bonds. The molecule has 20 heavy (non-hydrogen) atoms. The monoisotopic (exact) mass is 272 g/mol. The number of rotatable bonds is 2. The summed E-state index contributed by atoms with van der Waals surface area (Å²) < 4.78 is 0. The van der Waals surface area contributed by atoms with Gasteiger partial charge in [-0.05, 0) is 36.0 Å². The molecule has 2 aliphatic rings. The number of fused-ring (bicyclic) bond motifs is 1. The van der Waals surface area contributed by atoms with Crippen molar-refractivity contribution in [3.8, 4) is 0 Å². The fourth-order valence-corrected chi connectivity index (χ4v) is 3.19. The van der Waals surface area contributed by atoms with Gasteiger partial charge in [0.25, 0.3) is 5.91 Å². The van der Waals surface area contributed by atoms with Gasteiger partial charge >= 0.3 is 0 Å². The summed E-state index contributed by atoms with van der Waals surface area (Å²) in [4.78, 5) is 23.7. The van der Waals surface area contributed by atoms with Crippen LogP contribution in [0.4, 0.5) is 5.69 Å². The van der Waals surface area contributed by atoms with Gasteiger partial charge in [-0.25, -0.2) is 0 Å². The minimum absolute atomic E-state index is 0.00511. The second-order valence-electron chi connectivity index (χ2n) is 6.50. The van der Waals surface area contributed by atoms with Gasteiger partial charge in [0, 0.05) is 17.3 Å². The first kappa shape index (κ1) is 13.2. The number of carbonyl (C=O) groups excluding carboxylic acids is 2. The summed E-state index contributed by atoms with van der Waals surface area (Å²) in [5.74, 6) is -0.0524. The molecule has 3 rings (SSSR count). The number of hydrogen-bond donors (Lipinski definition) is 2. The summed E-state index contributed by atoms with van der Waals surface area (Å²) >= 11 is 0. The van der Waals surface area contributed by atoms with E-state index in [-0.39, 0.29) is 23.3 Å². The summed E-state index contributed by atoms with van der Waals surface area (Å²) in [6.07, 6.45) is 3.77. The largest absolute Gasteiger partial charge is 0.349 e. The van der Waals surface area contributed by atoms with Crippen LogP contribution in [-0.4, -0.2) is 17.9 Å². The van der Waals surface area contributed by atoms with Gasteiger partial charge in [0.05, 0.1) is 6.42 Å². The van der Waals surface area contributed by atoms with Crippen LogP contribution in [0.3, 0.4) is 0 Å². The lowest BCUT2D eigenvalue weighted by Gasteiger charge is -2.27. The zero-order valence-electron chi connectivity index (χ0n) is 12.0. The molecule has 0 aromatic heterocycles. The first-order valence-electron chi connectivity index (χ1n) is 7.19. The standard InChI is InChI=1S/C16H20N2O2/c1-16(2)7-3-4-13(16)18-15(20)11-6-5-10-9-14(19)17-12(10)8-11/h5-6,8,13H,3-4,7,9H2,1-2H3,(H,17,19)(H,18,20). The molecule has 1 aliphatic heterocycles. The van der Waals surface area contributed by atoms with Gasteiger partial charge in [-0.3, -0.25) is 9.59 Å². The minimum Gasteiger partial charge on any atom is -0.349 e. The zero-order chi connectivity index (χ0) is 14.3. The van der Waals surface area contributed by atoms with Crippen LogP contribution in [0.2, 0.25) is 0 Å². The molecule has 1 atom stereocenters. The molecule has 0 spiro atoms. The third kappa shape index (κ3) is 2.30. The molecule has 106 valence electrons. The van der Waals surface area contributed by atoms with E-state index in [0.717, 1.165) is 30.5 Å². The Hall–Kier alpha value is -1.84. The molecule has 4 nitrogen and oxygen atoms in total. The Morgan fingerprint density at radius 2 is 2.20 bits per heavy atom. The second-order valence-corrected chi connectivity index (χ2v) is 6.50. The summed E-state index contributed by atoms with van der Waals surface area (Å²) in [6, 6.07) is 5.67. The van der Waals surface area contributed by atoms with Gasteiger partial charge in [-0.1, -0.05) is 26.3 Å². The Kier molecular flexibility index (Phi) is 3.04. The van der Waals surface area contributed by atoms with E-state index in [1.165, 1.54) is 0 Å². The van der Waals surface area contributed by atoms with Gasteiger partial charge in [0.15, 0.2) is 0 Å². The molecule has 1 unspecified atom stereocenters. The number of carbonyl (C=O) groups is 2. The number of nitrogens with one attached hydrogen (secondary N) is 2. The lowest BCUT2D eigenvalue weighted by Crippen LogP contribution is -2.41. The lowest BCUT2D eigenvalue weighted by molar-refractivity contribution is -0.115. The normalized spacial score (nSPS) is 23.3. The lowest BCUT2D eigenvalue weighted by atomic mass is 9.87. The van der Waals surface area contributed by atoms with E-state index in [2.05, 4.69) is 24.5 Å². The molecule has 4 heteroatoms. The SMILES string of the molecule is CC1(C)CCCC1NC(=O)c1ccc2c(c1)NC(=O)C2. The molecule has 1 saturated carbocycles. The number of amides is 2. The molecular formula is C16H20N2O2. The summed E-state index contributed by atoms with van der Waals surface area (Å²) in [5, 5.41) is 5.92. The molecule has 0 radical (unpaired) electrons. The minimum atomic E-state index is -0.0473. The molecule has 0 saturated heterocycles. The third-order valence-electron chi connectivity index (χ3n) is 4.56. The maximum atomic E-state index is 12.3. The topological polar surface area (TPSA) is 58.2 Å². The Morgan fingerprint density at radius 3 is 2.90 bits per heavy atom. The first-order valence-corrected chi connectivity index (χ1v) is 7.19.